The Balaban J connectivity index is 2.34. The number of carbonyl (C=O) groups is 1. The van der Waals surface area contributed by atoms with Crippen molar-refractivity contribution in [2.45, 2.75) is 19.4 Å². The van der Waals surface area contributed by atoms with Crippen molar-refractivity contribution in [2.75, 3.05) is 12.0 Å². The van der Waals surface area contributed by atoms with Gasteiger partial charge in [0.2, 0.25) is 5.90 Å². The monoisotopic (exact) mass is 439 g/mol. The van der Waals surface area contributed by atoms with Crippen LogP contribution in [0, 0.1) is 3.57 Å². The molecule has 0 N–H and O–H groups in total. The van der Waals surface area contributed by atoms with E-state index in [-0.39, 0.29) is 11.7 Å². The number of ether oxygens (including phenoxy) is 1. The maximum atomic E-state index is 11.8. The molecule has 0 bridgehead atoms. The van der Waals surface area contributed by atoms with E-state index in [0.717, 1.165) is 20.6 Å². The van der Waals surface area contributed by atoms with E-state index >= 15 is 0 Å². The number of aliphatic imine (C=N–C) groups is 1. The van der Waals surface area contributed by atoms with E-state index in [0.29, 0.717) is 11.1 Å². The Morgan fingerprint density at radius 1 is 1.38 bits per heavy atom. The molecule has 0 unspecified atom stereocenters. The Labute approximate surface area is 141 Å². The molecule has 0 aliphatic carbocycles. The number of hydrogen-bond donors (Lipinski definition) is 0. The van der Waals surface area contributed by atoms with Crippen LogP contribution in [0.4, 0.5) is 0 Å². The van der Waals surface area contributed by atoms with Crippen molar-refractivity contribution in [1.29, 1.82) is 0 Å². The Morgan fingerprint density at radius 3 is 2.67 bits per heavy atom. The van der Waals surface area contributed by atoms with Gasteiger partial charge in [-0.1, -0.05) is 6.07 Å². The molecular formula is C13H14INO4S2. The third-order valence-corrected chi connectivity index (χ3v) is 6.46. The topological polar surface area (TPSA) is 72.8 Å². The fraction of sp³-hybridized carbons (Fsp3) is 0.385. The fourth-order valence-corrected chi connectivity index (χ4v) is 4.55. The van der Waals surface area contributed by atoms with E-state index in [2.05, 4.69) is 27.6 Å². The Kier molecular flexibility index (Phi) is 4.69. The molecule has 5 nitrogen and oxygen atoms in total. The molecule has 1 aliphatic rings. The van der Waals surface area contributed by atoms with Crippen molar-refractivity contribution in [3.8, 4) is 0 Å². The summed E-state index contributed by atoms with van der Waals surface area (Å²) in [4.78, 5) is 16.3. The molecule has 0 atom stereocenters. The SMILES string of the molecule is CC(C)(CSS(C)(=O)=O)N=C1OC(=O)c2cccc(I)c21. The van der Waals surface area contributed by atoms with Gasteiger partial charge in [0.1, 0.15) is 0 Å². The van der Waals surface area contributed by atoms with Gasteiger partial charge in [0, 0.05) is 15.6 Å². The summed E-state index contributed by atoms with van der Waals surface area (Å²) < 4.78 is 28.6. The van der Waals surface area contributed by atoms with Crippen LogP contribution in [0.25, 0.3) is 0 Å². The normalized spacial score (nSPS) is 17.0. The molecular weight excluding hydrogens is 425 g/mol. The van der Waals surface area contributed by atoms with Gasteiger partial charge in [-0.3, -0.25) is 0 Å². The number of esters is 1. The maximum Gasteiger partial charge on any atom is 0.345 e. The predicted octanol–water partition coefficient (Wildman–Crippen LogP) is 2.68. The molecule has 1 aromatic rings. The van der Waals surface area contributed by atoms with Gasteiger partial charge >= 0.3 is 5.97 Å². The van der Waals surface area contributed by atoms with Crippen LogP contribution in [-0.2, 0) is 13.6 Å². The smallest absolute Gasteiger partial charge is 0.345 e. The third-order valence-electron chi connectivity index (χ3n) is 2.67. The van der Waals surface area contributed by atoms with Crippen LogP contribution >= 0.6 is 33.4 Å². The molecule has 1 aliphatic heterocycles. The summed E-state index contributed by atoms with van der Waals surface area (Å²) in [5.74, 6) is 0.124. The first-order chi connectivity index (χ1) is 9.59. The summed E-state index contributed by atoms with van der Waals surface area (Å²) in [7, 11) is -2.30. The number of hydrogen-bond acceptors (Lipinski definition) is 6. The number of benzene rings is 1. The molecule has 0 saturated heterocycles. The minimum absolute atomic E-state index is 0.263. The molecule has 21 heavy (non-hydrogen) atoms. The molecule has 0 spiro atoms. The second kappa shape index (κ2) is 5.88. The van der Waals surface area contributed by atoms with Crippen LogP contribution in [0.1, 0.15) is 29.8 Å². The van der Waals surface area contributed by atoms with Gasteiger partial charge in [-0.15, -0.1) is 0 Å². The quantitative estimate of drug-likeness (QED) is 0.410. The van der Waals surface area contributed by atoms with Gasteiger partial charge in [0.25, 0.3) is 0 Å². The minimum atomic E-state index is -3.13. The van der Waals surface area contributed by atoms with Crippen LogP contribution in [0.2, 0.25) is 0 Å². The first-order valence-corrected chi connectivity index (χ1v) is 10.5. The number of carbonyl (C=O) groups excluding carboxylic acids is 1. The van der Waals surface area contributed by atoms with Gasteiger partial charge < -0.3 is 4.74 Å². The fourth-order valence-electron chi connectivity index (χ4n) is 1.74. The van der Waals surface area contributed by atoms with Crippen molar-refractivity contribution in [3.63, 3.8) is 0 Å². The van der Waals surface area contributed by atoms with Gasteiger partial charge in [-0.05, 0) is 59.4 Å². The Morgan fingerprint density at radius 2 is 2.05 bits per heavy atom. The molecule has 2 rings (SSSR count). The summed E-state index contributed by atoms with van der Waals surface area (Å²) in [6.45, 7) is 3.61. The lowest BCUT2D eigenvalue weighted by atomic mass is 10.1. The van der Waals surface area contributed by atoms with E-state index in [1.54, 1.807) is 26.0 Å². The lowest BCUT2D eigenvalue weighted by Gasteiger charge is -2.19. The number of nitrogens with zero attached hydrogens (tertiary/aromatic N) is 1. The third kappa shape index (κ3) is 4.19. The van der Waals surface area contributed by atoms with E-state index in [9.17, 15) is 13.2 Å². The highest BCUT2D eigenvalue weighted by atomic mass is 127. The highest BCUT2D eigenvalue weighted by molar-refractivity contribution is 14.1. The molecule has 1 aromatic carbocycles. The first-order valence-electron chi connectivity index (χ1n) is 6.04. The summed E-state index contributed by atoms with van der Waals surface area (Å²) in [6.07, 6.45) is 1.16. The van der Waals surface area contributed by atoms with Gasteiger partial charge in [0.05, 0.1) is 16.7 Å². The molecule has 0 fully saturated rings. The summed E-state index contributed by atoms with van der Waals surface area (Å²) in [6, 6.07) is 5.35. The van der Waals surface area contributed by atoms with Crippen molar-refractivity contribution in [3.05, 3.63) is 32.9 Å². The number of halogens is 1. The predicted molar refractivity (Wildman–Crippen MR) is 92.5 cm³/mol. The van der Waals surface area contributed by atoms with Crippen molar-refractivity contribution >= 4 is 54.1 Å². The lowest BCUT2D eigenvalue weighted by Crippen LogP contribution is -2.24. The van der Waals surface area contributed by atoms with E-state index in [4.69, 9.17) is 4.74 Å². The molecule has 0 amide bonds. The average Bonchev–Trinajstić information content (AvgIpc) is 2.64. The molecule has 0 aromatic heterocycles. The summed E-state index contributed by atoms with van der Waals surface area (Å²) >= 11 is 2.12. The summed E-state index contributed by atoms with van der Waals surface area (Å²) in [5, 5.41) is 0. The Hall–Kier alpha value is -0.610. The molecule has 114 valence electrons. The van der Waals surface area contributed by atoms with Crippen molar-refractivity contribution in [1.82, 2.24) is 0 Å². The maximum absolute atomic E-state index is 11.8. The standard InChI is InChI=1S/C13H14INO4S2/c1-13(2,7-20-21(3,17)18)15-11-10-8(12(16)19-11)5-4-6-9(10)14/h4-6H,7H2,1-3H3. The number of rotatable bonds is 4. The van der Waals surface area contributed by atoms with Crippen LogP contribution in [0.3, 0.4) is 0 Å². The van der Waals surface area contributed by atoms with E-state index in [1.165, 1.54) is 0 Å². The average molecular weight is 439 g/mol. The zero-order valence-electron chi connectivity index (χ0n) is 11.7. The first kappa shape index (κ1) is 16.8. The van der Waals surface area contributed by atoms with Crippen LogP contribution in [0.5, 0.6) is 0 Å². The molecule has 0 radical (unpaired) electrons. The largest absolute Gasteiger partial charge is 0.403 e. The zero-order valence-corrected chi connectivity index (χ0v) is 15.5. The Bertz CT molecular complexity index is 726. The molecule has 1 heterocycles. The molecule has 0 saturated carbocycles. The molecule has 8 heteroatoms. The van der Waals surface area contributed by atoms with Crippen LogP contribution < -0.4 is 0 Å². The second-order valence-electron chi connectivity index (χ2n) is 5.25. The zero-order chi connectivity index (χ0) is 15.8. The van der Waals surface area contributed by atoms with Crippen molar-refractivity contribution in [2.24, 2.45) is 4.99 Å². The highest BCUT2D eigenvalue weighted by Crippen LogP contribution is 2.28. The van der Waals surface area contributed by atoms with Crippen LogP contribution in [-0.4, -0.2) is 37.8 Å². The van der Waals surface area contributed by atoms with Gasteiger partial charge in [0.15, 0.2) is 8.87 Å². The number of fused-ring (bicyclic) bond motifs is 1. The highest BCUT2D eigenvalue weighted by Gasteiger charge is 2.32. The summed E-state index contributed by atoms with van der Waals surface area (Å²) in [5.41, 5.74) is 0.511. The van der Waals surface area contributed by atoms with E-state index < -0.39 is 20.4 Å². The lowest BCUT2D eigenvalue weighted by molar-refractivity contribution is 0.0736. The minimum Gasteiger partial charge on any atom is -0.403 e. The van der Waals surface area contributed by atoms with Crippen molar-refractivity contribution < 1.29 is 17.9 Å². The number of cyclic esters (lactones) is 1. The van der Waals surface area contributed by atoms with Gasteiger partial charge in [-0.2, -0.15) is 0 Å². The van der Waals surface area contributed by atoms with Gasteiger partial charge in [-0.25, -0.2) is 18.2 Å². The second-order valence-corrected chi connectivity index (χ2v) is 10.9. The van der Waals surface area contributed by atoms with Crippen LogP contribution in [0.15, 0.2) is 23.2 Å². The van der Waals surface area contributed by atoms with E-state index in [1.807, 2.05) is 6.07 Å².